The third kappa shape index (κ3) is 3.20. The molecule has 0 aliphatic rings. The number of carboxylic acid groups (broad SMARTS) is 1. The van der Waals surface area contributed by atoms with Gasteiger partial charge in [0.2, 0.25) is 5.43 Å². The molecule has 0 fully saturated rings. The van der Waals surface area contributed by atoms with E-state index in [1.807, 2.05) is 0 Å². The van der Waals surface area contributed by atoms with Gasteiger partial charge in [-0.05, 0) is 30.7 Å². The van der Waals surface area contributed by atoms with Crippen molar-refractivity contribution in [2.24, 2.45) is 0 Å². The average Bonchev–Trinajstić information content (AvgIpc) is 2.93. The van der Waals surface area contributed by atoms with E-state index in [1.165, 1.54) is 0 Å². The van der Waals surface area contributed by atoms with Crippen molar-refractivity contribution >= 4 is 28.5 Å². The van der Waals surface area contributed by atoms with Gasteiger partial charge < -0.3 is 15.1 Å². The minimum atomic E-state index is -4.47. The molecule has 5 nitrogen and oxygen atoms in total. The van der Waals surface area contributed by atoms with E-state index in [0.29, 0.717) is 16.6 Å². The lowest BCUT2D eigenvalue weighted by Crippen LogP contribution is -2.20. The normalized spacial score (nSPS) is 11.9. The van der Waals surface area contributed by atoms with Gasteiger partial charge in [0, 0.05) is 34.8 Å². The molecule has 26 heavy (non-hydrogen) atoms. The highest BCUT2D eigenvalue weighted by molar-refractivity contribution is 6.30. The Morgan fingerprint density at radius 3 is 2.58 bits per heavy atom. The van der Waals surface area contributed by atoms with Crippen molar-refractivity contribution in [1.82, 2.24) is 9.97 Å². The summed E-state index contributed by atoms with van der Waals surface area (Å²) in [6, 6.07) is 3.66. The summed E-state index contributed by atoms with van der Waals surface area (Å²) in [6.07, 6.45) is -3.52. The molecule has 2 aromatic heterocycles. The molecule has 3 aromatic rings. The van der Waals surface area contributed by atoms with Gasteiger partial charge in [-0.3, -0.25) is 4.79 Å². The van der Waals surface area contributed by atoms with Gasteiger partial charge in [-0.2, -0.15) is 13.2 Å². The molecule has 1 aromatic carbocycles. The van der Waals surface area contributed by atoms with E-state index in [1.54, 1.807) is 13.0 Å². The second kappa shape index (κ2) is 6.21. The Morgan fingerprint density at radius 1 is 1.27 bits per heavy atom. The molecule has 0 amide bonds. The van der Waals surface area contributed by atoms with Crippen molar-refractivity contribution in [3.05, 3.63) is 67.7 Å². The van der Waals surface area contributed by atoms with Crippen molar-refractivity contribution in [1.29, 1.82) is 0 Å². The predicted octanol–water partition coefficient (Wildman–Crippen LogP) is 4.13. The molecule has 0 spiro atoms. The molecular weight excluding hydrogens is 373 g/mol. The van der Waals surface area contributed by atoms with E-state index in [2.05, 4.69) is 9.97 Å². The molecule has 3 N–H and O–H groups in total. The van der Waals surface area contributed by atoms with E-state index in [4.69, 9.17) is 16.7 Å². The van der Waals surface area contributed by atoms with Crippen molar-refractivity contribution in [3.63, 3.8) is 0 Å². The van der Waals surface area contributed by atoms with Gasteiger partial charge in [0.15, 0.2) is 0 Å². The fourth-order valence-corrected chi connectivity index (χ4v) is 3.00. The first-order valence-electron chi connectivity index (χ1n) is 7.40. The molecule has 9 heteroatoms. The maximum Gasteiger partial charge on any atom is 0.416 e. The maximum absolute atomic E-state index is 12.9. The first kappa shape index (κ1) is 18.1. The van der Waals surface area contributed by atoms with Crippen LogP contribution in [0.2, 0.25) is 5.15 Å². The Morgan fingerprint density at radius 2 is 1.96 bits per heavy atom. The first-order chi connectivity index (χ1) is 12.1. The van der Waals surface area contributed by atoms with Gasteiger partial charge in [0.25, 0.3) is 0 Å². The summed E-state index contributed by atoms with van der Waals surface area (Å²) in [7, 11) is 0. The number of pyridine rings is 1. The second-order valence-corrected chi connectivity index (χ2v) is 6.23. The predicted molar refractivity (Wildman–Crippen MR) is 89.9 cm³/mol. The van der Waals surface area contributed by atoms with Crippen LogP contribution in [0, 0.1) is 6.92 Å². The number of nitrogens with one attached hydrogen (secondary N) is 2. The summed E-state index contributed by atoms with van der Waals surface area (Å²) in [6.45, 7) is 1.56. The highest BCUT2D eigenvalue weighted by atomic mass is 35.5. The summed E-state index contributed by atoms with van der Waals surface area (Å²) in [4.78, 5) is 28.7. The lowest BCUT2D eigenvalue weighted by Gasteiger charge is -2.07. The molecular formula is C17H12ClF3N2O3. The molecule has 0 saturated carbocycles. The molecule has 0 bridgehead atoms. The van der Waals surface area contributed by atoms with Crippen LogP contribution in [0.15, 0.2) is 29.2 Å². The topological polar surface area (TPSA) is 85.9 Å². The Kier molecular flexibility index (Phi) is 4.31. The average molecular weight is 385 g/mol. The number of H-pyrrole nitrogens is 2. The number of aromatic amines is 2. The number of alkyl halides is 3. The molecule has 0 saturated heterocycles. The zero-order chi connectivity index (χ0) is 19.2. The molecule has 0 radical (unpaired) electrons. The number of aryl methyl sites for hydroxylation is 1. The molecule has 0 unspecified atom stereocenters. The second-order valence-electron chi connectivity index (χ2n) is 5.85. The Balaban J connectivity index is 2.08. The number of rotatable bonds is 3. The number of fused-ring (bicyclic) bond motifs is 1. The first-order valence-corrected chi connectivity index (χ1v) is 7.78. The van der Waals surface area contributed by atoms with Gasteiger partial charge in [-0.25, -0.2) is 4.79 Å². The standard InChI is InChI=1S/C17H12ClF3N2O3/c1-7-2-8(17(19,20)21)3-13-10(7)4-9(23-13)5-11-14(24)12(16(25)26)6-22-15(11)18/h2-4,6,23H,5H2,1H3,(H,22,24)(H,25,26). The lowest BCUT2D eigenvalue weighted by molar-refractivity contribution is -0.137. The third-order valence-corrected chi connectivity index (χ3v) is 4.39. The van der Waals surface area contributed by atoms with Crippen LogP contribution in [-0.4, -0.2) is 21.0 Å². The van der Waals surface area contributed by atoms with E-state index in [0.717, 1.165) is 18.3 Å². The van der Waals surface area contributed by atoms with Crippen LogP contribution < -0.4 is 5.43 Å². The zero-order valence-corrected chi connectivity index (χ0v) is 14.0. The maximum atomic E-state index is 12.9. The largest absolute Gasteiger partial charge is 0.477 e. The minimum absolute atomic E-state index is 0.0202. The van der Waals surface area contributed by atoms with Crippen molar-refractivity contribution in [2.75, 3.05) is 0 Å². The van der Waals surface area contributed by atoms with Gasteiger partial charge in [-0.15, -0.1) is 0 Å². The SMILES string of the molecule is Cc1cc(C(F)(F)F)cc2[nH]c(Cc3c(Cl)[nH]cc(C(=O)O)c3=O)cc12. The van der Waals surface area contributed by atoms with Crippen LogP contribution in [-0.2, 0) is 12.6 Å². The number of carboxylic acids is 1. The smallest absolute Gasteiger partial charge is 0.416 e. The number of halogens is 4. The summed E-state index contributed by atoms with van der Waals surface area (Å²) in [5.41, 5.74) is -0.821. The van der Waals surface area contributed by atoms with Crippen LogP contribution >= 0.6 is 11.6 Å². The van der Waals surface area contributed by atoms with Gasteiger partial charge in [0.05, 0.1) is 5.56 Å². The lowest BCUT2D eigenvalue weighted by atomic mass is 10.1. The van der Waals surface area contributed by atoms with Crippen LogP contribution in [0.1, 0.15) is 32.7 Å². The minimum Gasteiger partial charge on any atom is -0.477 e. The molecule has 0 aliphatic heterocycles. The Labute approximate surface area is 149 Å². The van der Waals surface area contributed by atoms with E-state index < -0.39 is 28.7 Å². The van der Waals surface area contributed by atoms with Crippen molar-refractivity contribution < 1.29 is 23.1 Å². The van der Waals surface area contributed by atoms with Crippen LogP contribution in [0.3, 0.4) is 0 Å². The zero-order valence-electron chi connectivity index (χ0n) is 13.3. The van der Waals surface area contributed by atoms with E-state index >= 15 is 0 Å². The number of hydrogen-bond donors (Lipinski definition) is 3. The van der Waals surface area contributed by atoms with Crippen molar-refractivity contribution in [3.8, 4) is 0 Å². The quantitative estimate of drug-likeness (QED) is 0.593. The number of benzene rings is 1. The fraction of sp³-hybridized carbons (Fsp3) is 0.176. The number of aromatic nitrogens is 2. The number of carbonyl (C=O) groups is 1. The molecule has 0 atom stereocenters. The summed E-state index contributed by atoms with van der Waals surface area (Å²) >= 11 is 5.96. The molecule has 136 valence electrons. The Bertz CT molecular complexity index is 1080. The fourth-order valence-electron chi connectivity index (χ4n) is 2.79. The van der Waals surface area contributed by atoms with Crippen molar-refractivity contribution in [2.45, 2.75) is 19.5 Å². The highest BCUT2D eigenvalue weighted by Crippen LogP contribution is 2.33. The number of aromatic carboxylic acids is 1. The molecule has 0 aliphatic carbocycles. The molecule has 2 heterocycles. The summed E-state index contributed by atoms with van der Waals surface area (Å²) in [5.74, 6) is -1.40. The third-order valence-electron chi connectivity index (χ3n) is 4.05. The van der Waals surface area contributed by atoms with Gasteiger partial charge in [0.1, 0.15) is 10.7 Å². The van der Waals surface area contributed by atoms with Crippen LogP contribution in [0.5, 0.6) is 0 Å². The highest BCUT2D eigenvalue weighted by Gasteiger charge is 2.31. The summed E-state index contributed by atoms with van der Waals surface area (Å²) < 4.78 is 38.8. The van der Waals surface area contributed by atoms with Gasteiger partial charge in [-0.1, -0.05) is 11.6 Å². The van der Waals surface area contributed by atoms with E-state index in [9.17, 15) is 22.8 Å². The number of hydrogen-bond acceptors (Lipinski definition) is 2. The monoisotopic (exact) mass is 384 g/mol. The summed E-state index contributed by atoms with van der Waals surface area (Å²) in [5, 5.41) is 9.58. The van der Waals surface area contributed by atoms with Crippen LogP contribution in [0.4, 0.5) is 13.2 Å². The van der Waals surface area contributed by atoms with E-state index in [-0.39, 0.29) is 22.7 Å². The Hall–Kier alpha value is -2.74. The van der Waals surface area contributed by atoms with Gasteiger partial charge >= 0.3 is 12.1 Å². The van der Waals surface area contributed by atoms with Crippen LogP contribution in [0.25, 0.3) is 10.9 Å². The molecule has 3 rings (SSSR count).